The molecule has 3 unspecified atom stereocenters. The predicted molar refractivity (Wildman–Crippen MR) is 74.7 cm³/mol. The van der Waals surface area contributed by atoms with Crippen LogP contribution in [0.25, 0.3) is 0 Å². The van der Waals surface area contributed by atoms with Crippen LogP contribution >= 0.6 is 11.3 Å². The van der Waals surface area contributed by atoms with Crippen molar-refractivity contribution in [2.24, 2.45) is 5.92 Å². The summed E-state index contributed by atoms with van der Waals surface area (Å²) in [4.78, 5) is 0. The Morgan fingerprint density at radius 2 is 2.37 bits per heavy atom. The number of sulfonamides is 1. The molecular formula is C13H17NO3S2. The van der Waals surface area contributed by atoms with Crippen LogP contribution in [-0.2, 0) is 14.8 Å². The van der Waals surface area contributed by atoms with E-state index in [-0.39, 0.29) is 12.1 Å². The van der Waals surface area contributed by atoms with Gasteiger partial charge in [0.25, 0.3) is 10.0 Å². The number of nitrogens with zero attached hydrogens (tertiary/aromatic N) is 1. The minimum atomic E-state index is -3.34. The van der Waals surface area contributed by atoms with Crippen molar-refractivity contribution in [1.82, 2.24) is 4.31 Å². The highest BCUT2D eigenvalue weighted by molar-refractivity contribution is 7.91. The molecule has 6 heteroatoms. The minimum Gasteiger partial charge on any atom is -0.372 e. The van der Waals surface area contributed by atoms with Crippen molar-refractivity contribution in [3.63, 3.8) is 0 Å². The summed E-state index contributed by atoms with van der Waals surface area (Å²) in [6.45, 7) is 4.73. The molecule has 1 aromatic rings. The second kappa shape index (κ2) is 5.01. The molecule has 1 saturated heterocycles. The fourth-order valence-corrected chi connectivity index (χ4v) is 5.97. The van der Waals surface area contributed by atoms with Gasteiger partial charge >= 0.3 is 0 Å². The van der Waals surface area contributed by atoms with E-state index in [0.717, 1.165) is 12.8 Å². The Labute approximate surface area is 117 Å². The highest BCUT2D eigenvalue weighted by Crippen LogP contribution is 2.43. The summed E-state index contributed by atoms with van der Waals surface area (Å²) in [5.74, 6) is 0.333. The lowest BCUT2D eigenvalue weighted by Gasteiger charge is -2.25. The van der Waals surface area contributed by atoms with E-state index in [1.807, 2.05) is 0 Å². The van der Waals surface area contributed by atoms with Crippen molar-refractivity contribution >= 4 is 21.4 Å². The third-order valence-electron chi connectivity index (χ3n) is 3.93. The molecule has 1 aromatic heterocycles. The van der Waals surface area contributed by atoms with Gasteiger partial charge in [0, 0.05) is 12.5 Å². The molecule has 0 amide bonds. The summed E-state index contributed by atoms with van der Waals surface area (Å²) >= 11 is 1.28. The van der Waals surface area contributed by atoms with Crippen molar-refractivity contribution in [3.05, 3.63) is 30.2 Å². The Morgan fingerprint density at radius 3 is 3.05 bits per heavy atom. The fourth-order valence-electron chi connectivity index (χ4n) is 3.13. The van der Waals surface area contributed by atoms with E-state index in [2.05, 4.69) is 6.58 Å². The largest absolute Gasteiger partial charge is 0.372 e. The molecular weight excluding hydrogens is 282 g/mol. The molecule has 3 atom stereocenters. The van der Waals surface area contributed by atoms with Crippen molar-refractivity contribution < 1.29 is 13.2 Å². The Bertz CT molecular complexity index is 552. The van der Waals surface area contributed by atoms with E-state index in [4.69, 9.17) is 4.74 Å². The van der Waals surface area contributed by atoms with E-state index >= 15 is 0 Å². The second-order valence-electron chi connectivity index (χ2n) is 5.00. The van der Waals surface area contributed by atoms with Gasteiger partial charge in [0.1, 0.15) is 4.21 Å². The molecule has 0 aromatic carbocycles. The molecule has 0 radical (unpaired) electrons. The average molecular weight is 299 g/mol. The summed E-state index contributed by atoms with van der Waals surface area (Å²) in [6, 6.07) is 3.44. The zero-order valence-corrected chi connectivity index (χ0v) is 12.2. The molecule has 0 spiro atoms. The number of thiophene rings is 1. The van der Waals surface area contributed by atoms with Gasteiger partial charge in [-0.3, -0.25) is 0 Å². The number of rotatable bonds is 5. The maximum absolute atomic E-state index is 12.6. The quantitative estimate of drug-likeness (QED) is 0.782. The molecule has 1 saturated carbocycles. The van der Waals surface area contributed by atoms with Crippen LogP contribution in [0.2, 0.25) is 0 Å². The van der Waals surface area contributed by atoms with Crippen LogP contribution in [0.3, 0.4) is 0 Å². The first kappa shape index (κ1) is 13.3. The summed E-state index contributed by atoms with van der Waals surface area (Å²) in [6.07, 6.45) is 3.71. The SMILES string of the molecule is C=CCOC1C2CCC1N(S(=O)(=O)c1cccs1)C2. The van der Waals surface area contributed by atoms with Crippen LogP contribution in [0.4, 0.5) is 0 Å². The fraction of sp³-hybridized carbons (Fsp3) is 0.538. The Balaban J connectivity index is 1.83. The Hall–Kier alpha value is -0.690. The van der Waals surface area contributed by atoms with Gasteiger partial charge in [-0.1, -0.05) is 12.1 Å². The maximum Gasteiger partial charge on any atom is 0.252 e. The number of piperidine rings is 1. The van der Waals surface area contributed by atoms with Crippen LogP contribution < -0.4 is 0 Å². The zero-order valence-electron chi connectivity index (χ0n) is 10.6. The lowest BCUT2D eigenvalue weighted by molar-refractivity contribution is 0.0529. The van der Waals surface area contributed by atoms with Crippen LogP contribution in [0.1, 0.15) is 12.8 Å². The summed E-state index contributed by atoms with van der Waals surface area (Å²) in [5, 5.41) is 1.80. The van der Waals surface area contributed by atoms with Gasteiger partial charge in [0.05, 0.1) is 18.8 Å². The lowest BCUT2D eigenvalue weighted by Crippen LogP contribution is -2.39. The average Bonchev–Trinajstić information content (AvgIpc) is 3.12. The van der Waals surface area contributed by atoms with E-state index < -0.39 is 10.0 Å². The molecule has 2 fully saturated rings. The first-order valence-corrected chi connectivity index (χ1v) is 8.74. The van der Waals surface area contributed by atoms with Gasteiger partial charge < -0.3 is 4.74 Å². The highest BCUT2D eigenvalue weighted by atomic mass is 32.2. The first-order valence-electron chi connectivity index (χ1n) is 6.42. The van der Waals surface area contributed by atoms with Gasteiger partial charge in [0.15, 0.2) is 0 Å². The smallest absolute Gasteiger partial charge is 0.252 e. The van der Waals surface area contributed by atoms with Gasteiger partial charge in [-0.25, -0.2) is 8.42 Å². The van der Waals surface area contributed by atoms with Gasteiger partial charge in [-0.15, -0.1) is 17.9 Å². The second-order valence-corrected chi connectivity index (χ2v) is 8.06. The molecule has 4 nitrogen and oxygen atoms in total. The zero-order chi connectivity index (χ0) is 13.5. The molecule has 2 heterocycles. The first-order chi connectivity index (χ1) is 9.14. The Kier molecular flexibility index (Phi) is 3.51. The topological polar surface area (TPSA) is 46.6 Å². The summed E-state index contributed by atoms with van der Waals surface area (Å²) in [7, 11) is -3.34. The van der Waals surface area contributed by atoms with Crippen LogP contribution in [0, 0.1) is 5.92 Å². The van der Waals surface area contributed by atoms with Gasteiger partial charge in [0.2, 0.25) is 0 Å². The summed E-state index contributed by atoms with van der Waals surface area (Å²) < 4.78 is 33.0. The highest BCUT2D eigenvalue weighted by Gasteiger charge is 2.52. The molecule has 2 aliphatic rings. The van der Waals surface area contributed by atoms with E-state index in [0.29, 0.717) is 23.3 Å². The van der Waals surface area contributed by atoms with Crippen LogP contribution in [0.5, 0.6) is 0 Å². The number of hydrogen-bond acceptors (Lipinski definition) is 4. The van der Waals surface area contributed by atoms with E-state index in [1.165, 1.54) is 11.3 Å². The van der Waals surface area contributed by atoms with Crippen molar-refractivity contribution in [2.45, 2.75) is 29.2 Å². The predicted octanol–water partition coefficient (Wildman–Crippen LogP) is 2.10. The third kappa shape index (κ3) is 2.16. The molecule has 1 aliphatic heterocycles. The van der Waals surface area contributed by atoms with Crippen LogP contribution in [0.15, 0.2) is 34.4 Å². The standard InChI is InChI=1S/C13H17NO3S2/c1-2-7-17-13-10-5-6-11(13)14(9-10)19(15,16)12-4-3-8-18-12/h2-4,8,10-11,13H,1,5-7,9H2. The molecule has 0 N–H and O–H groups in total. The number of ether oxygens (including phenoxy) is 1. The molecule has 2 bridgehead atoms. The molecule has 1 aliphatic carbocycles. The van der Waals surface area contributed by atoms with Crippen LogP contribution in [-0.4, -0.2) is 38.0 Å². The normalized spacial score (nSPS) is 30.8. The van der Waals surface area contributed by atoms with Crippen molar-refractivity contribution in [3.8, 4) is 0 Å². The summed E-state index contributed by atoms with van der Waals surface area (Å²) in [5.41, 5.74) is 0. The van der Waals surface area contributed by atoms with E-state index in [9.17, 15) is 8.42 Å². The van der Waals surface area contributed by atoms with Crippen molar-refractivity contribution in [1.29, 1.82) is 0 Å². The van der Waals surface area contributed by atoms with Crippen molar-refractivity contribution in [2.75, 3.05) is 13.2 Å². The number of hydrogen-bond donors (Lipinski definition) is 0. The maximum atomic E-state index is 12.6. The molecule has 104 valence electrons. The van der Waals surface area contributed by atoms with Gasteiger partial charge in [-0.05, 0) is 24.3 Å². The lowest BCUT2D eigenvalue weighted by atomic mass is 10.1. The van der Waals surface area contributed by atoms with Gasteiger partial charge in [-0.2, -0.15) is 4.31 Å². The molecule has 19 heavy (non-hydrogen) atoms. The molecule has 3 rings (SSSR count). The Morgan fingerprint density at radius 1 is 1.53 bits per heavy atom. The third-order valence-corrected chi connectivity index (χ3v) is 7.19. The monoisotopic (exact) mass is 299 g/mol. The van der Waals surface area contributed by atoms with E-state index in [1.54, 1.807) is 27.9 Å². The minimum absolute atomic E-state index is 0.00273. The number of fused-ring (bicyclic) bond motifs is 2.